The molecule has 24 heavy (non-hydrogen) atoms. The zero-order valence-electron chi connectivity index (χ0n) is 12.8. The fourth-order valence-electron chi connectivity index (χ4n) is 2.64. The third kappa shape index (κ3) is 2.50. The molecule has 4 N–H and O–H groups in total. The van der Waals surface area contributed by atoms with E-state index in [9.17, 15) is 0 Å². The molecule has 1 aliphatic carbocycles. The summed E-state index contributed by atoms with van der Waals surface area (Å²) >= 11 is 6.55. The molecule has 0 amide bonds. The second kappa shape index (κ2) is 5.64. The molecule has 0 spiro atoms. The first-order chi connectivity index (χ1) is 11.6. The van der Waals surface area contributed by atoms with Crippen molar-refractivity contribution in [2.45, 2.75) is 11.4 Å². The van der Waals surface area contributed by atoms with Crippen molar-refractivity contribution in [1.29, 1.82) is 0 Å². The van der Waals surface area contributed by atoms with Crippen LogP contribution in [0.2, 0.25) is 0 Å². The number of aromatic amines is 1. The van der Waals surface area contributed by atoms with Crippen molar-refractivity contribution in [3.8, 4) is 11.4 Å². The number of pyridine rings is 1. The minimum absolute atomic E-state index is 0.116. The summed E-state index contributed by atoms with van der Waals surface area (Å²) in [6, 6.07) is 3.44. The average molecular weight is 343 g/mol. The minimum atomic E-state index is -0.250. The number of hydrogen-bond donors (Lipinski definition) is 3. The molecule has 8 nitrogen and oxygen atoms in total. The molecule has 2 unspecified atom stereocenters. The van der Waals surface area contributed by atoms with E-state index >= 15 is 0 Å². The Morgan fingerprint density at radius 1 is 1.42 bits per heavy atom. The monoisotopic (exact) mass is 342 g/mol. The van der Waals surface area contributed by atoms with E-state index < -0.39 is 0 Å². The predicted molar refractivity (Wildman–Crippen MR) is 92.3 cm³/mol. The Balaban J connectivity index is 1.60. The van der Waals surface area contributed by atoms with E-state index in [-0.39, 0.29) is 11.4 Å². The smallest absolute Gasteiger partial charge is 0.221 e. The SMILES string of the molecule is Cn1nc(-c2ccnc(N)c2)nc1NC1C=Cc2[nH]ncc2C1Cl. The summed E-state index contributed by atoms with van der Waals surface area (Å²) in [6.07, 6.45) is 7.32. The van der Waals surface area contributed by atoms with Crippen LogP contribution >= 0.6 is 11.6 Å². The highest BCUT2D eigenvalue weighted by molar-refractivity contribution is 6.22. The minimum Gasteiger partial charge on any atom is -0.384 e. The lowest BCUT2D eigenvalue weighted by Crippen LogP contribution is -2.26. The summed E-state index contributed by atoms with van der Waals surface area (Å²) in [5.74, 6) is 1.62. The second-order valence-electron chi connectivity index (χ2n) is 5.52. The number of nitrogen functional groups attached to an aromatic ring is 1. The molecule has 0 radical (unpaired) electrons. The summed E-state index contributed by atoms with van der Waals surface area (Å²) in [5, 5.41) is 14.4. The number of anilines is 2. The summed E-state index contributed by atoms with van der Waals surface area (Å²) < 4.78 is 1.67. The van der Waals surface area contributed by atoms with Gasteiger partial charge in [-0.25, -0.2) is 9.67 Å². The van der Waals surface area contributed by atoms with Crippen LogP contribution in [0.25, 0.3) is 17.5 Å². The number of hydrogen-bond acceptors (Lipinski definition) is 6. The lowest BCUT2D eigenvalue weighted by atomic mass is 10.00. The molecule has 0 fully saturated rings. The molecule has 4 rings (SSSR count). The van der Waals surface area contributed by atoms with Crippen LogP contribution in [0, 0.1) is 0 Å². The molecule has 0 saturated carbocycles. The number of alkyl halides is 1. The topological polar surface area (TPSA) is 110 Å². The van der Waals surface area contributed by atoms with Crippen LogP contribution < -0.4 is 11.1 Å². The standard InChI is InChI=1S/C15H15ClN8/c1-24-15(21-14(23-24)8-4-5-18-12(17)6-8)20-11-3-2-10-9(13(11)16)7-19-22-10/h2-7,11,13H,1H3,(H2,17,18)(H,19,22)(H,20,21,23). The number of halogens is 1. The van der Waals surface area contributed by atoms with Crippen LogP contribution in [-0.4, -0.2) is 36.0 Å². The molecule has 3 aromatic heterocycles. The fourth-order valence-corrected chi connectivity index (χ4v) is 2.96. The molecule has 0 bridgehead atoms. The first-order valence-corrected chi connectivity index (χ1v) is 7.80. The number of nitrogens with zero attached hydrogens (tertiary/aromatic N) is 5. The first kappa shape index (κ1) is 14.7. The Labute approximate surface area is 142 Å². The quantitative estimate of drug-likeness (QED) is 0.628. The number of nitrogens with one attached hydrogen (secondary N) is 2. The van der Waals surface area contributed by atoms with Crippen molar-refractivity contribution in [3.63, 3.8) is 0 Å². The summed E-state index contributed by atoms with van der Waals surface area (Å²) in [5.41, 5.74) is 8.42. The van der Waals surface area contributed by atoms with Gasteiger partial charge in [0, 0.05) is 24.4 Å². The van der Waals surface area contributed by atoms with Crippen LogP contribution in [0.1, 0.15) is 16.6 Å². The fraction of sp³-hybridized carbons (Fsp3) is 0.200. The van der Waals surface area contributed by atoms with E-state index in [0.29, 0.717) is 17.6 Å². The number of H-pyrrole nitrogens is 1. The predicted octanol–water partition coefficient (Wildman–Crippen LogP) is 1.97. The van der Waals surface area contributed by atoms with Gasteiger partial charge in [0.25, 0.3) is 0 Å². The van der Waals surface area contributed by atoms with E-state index in [1.165, 1.54) is 0 Å². The maximum atomic E-state index is 6.55. The normalized spacial score (nSPS) is 19.2. The molecular weight excluding hydrogens is 328 g/mol. The zero-order chi connectivity index (χ0) is 16.7. The average Bonchev–Trinajstić information content (AvgIpc) is 3.18. The van der Waals surface area contributed by atoms with Crippen molar-refractivity contribution in [1.82, 2.24) is 29.9 Å². The van der Waals surface area contributed by atoms with Crippen molar-refractivity contribution < 1.29 is 0 Å². The van der Waals surface area contributed by atoms with Gasteiger partial charge in [0.1, 0.15) is 5.82 Å². The Hall–Kier alpha value is -2.87. The van der Waals surface area contributed by atoms with Crippen LogP contribution in [0.3, 0.4) is 0 Å². The van der Waals surface area contributed by atoms with E-state index in [1.807, 2.05) is 25.3 Å². The Bertz CT molecular complexity index is 912. The van der Waals surface area contributed by atoms with Gasteiger partial charge in [-0.3, -0.25) is 5.10 Å². The number of nitrogens with two attached hydrogens (primary N) is 1. The summed E-state index contributed by atoms with van der Waals surface area (Å²) in [4.78, 5) is 8.51. The summed E-state index contributed by atoms with van der Waals surface area (Å²) in [7, 11) is 1.82. The third-order valence-electron chi connectivity index (χ3n) is 3.88. The molecule has 0 aromatic carbocycles. The van der Waals surface area contributed by atoms with Crippen molar-refractivity contribution in [2.75, 3.05) is 11.1 Å². The lowest BCUT2D eigenvalue weighted by Gasteiger charge is -2.23. The van der Waals surface area contributed by atoms with Crippen molar-refractivity contribution in [2.24, 2.45) is 7.05 Å². The molecule has 9 heteroatoms. The van der Waals surface area contributed by atoms with Gasteiger partial charge in [0.15, 0.2) is 5.82 Å². The van der Waals surface area contributed by atoms with Crippen LogP contribution in [-0.2, 0) is 7.05 Å². The van der Waals surface area contributed by atoms with Crippen LogP contribution in [0.4, 0.5) is 11.8 Å². The molecule has 122 valence electrons. The molecular formula is C15H15ClN8. The van der Waals surface area contributed by atoms with Gasteiger partial charge in [-0.15, -0.1) is 16.7 Å². The van der Waals surface area contributed by atoms with Gasteiger partial charge in [0.05, 0.1) is 23.3 Å². The van der Waals surface area contributed by atoms with Crippen molar-refractivity contribution in [3.05, 3.63) is 41.9 Å². The van der Waals surface area contributed by atoms with Gasteiger partial charge in [0.2, 0.25) is 5.95 Å². The highest BCUT2D eigenvalue weighted by atomic mass is 35.5. The highest BCUT2D eigenvalue weighted by Crippen LogP contribution is 2.33. The molecule has 3 aromatic rings. The van der Waals surface area contributed by atoms with Gasteiger partial charge in [-0.1, -0.05) is 6.08 Å². The zero-order valence-corrected chi connectivity index (χ0v) is 13.6. The number of aromatic nitrogens is 6. The maximum absolute atomic E-state index is 6.55. The molecule has 0 aliphatic heterocycles. The first-order valence-electron chi connectivity index (χ1n) is 7.37. The van der Waals surface area contributed by atoms with Gasteiger partial charge in [-0.05, 0) is 18.2 Å². The molecule has 0 saturated heterocycles. The highest BCUT2D eigenvalue weighted by Gasteiger charge is 2.27. The summed E-state index contributed by atoms with van der Waals surface area (Å²) in [6.45, 7) is 0. The number of aryl methyl sites for hydroxylation is 1. The third-order valence-corrected chi connectivity index (χ3v) is 4.39. The largest absolute Gasteiger partial charge is 0.384 e. The van der Waals surface area contributed by atoms with Crippen LogP contribution in [0.5, 0.6) is 0 Å². The Morgan fingerprint density at radius 3 is 3.12 bits per heavy atom. The second-order valence-corrected chi connectivity index (χ2v) is 5.99. The Morgan fingerprint density at radius 2 is 2.29 bits per heavy atom. The molecule has 2 atom stereocenters. The van der Waals surface area contributed by atoms with Crippen LogP contribution in [0.15, 0.2) is 30.6 Å². The lowest BCUT2D eigenvalue weighted by molar-refractivity contribution is 0.740. The van der Waals surface area contributed by atoms with E-state index in [1.54, 1.807) is 23.1 Å². The maximum Gasteiger partial charge on any atom is 0.221 e. The Kier molecular flexibility index (Phi) is 3.46. The van der Waals surface area contributed by atoms with Gasteiger partial charge in [-0.2, -0.15) is 10.1 Å². The van der Waals surface area contributed by atoms with Gasteiger partial charge >= 0.3 is 0 Å². The number of fused-ring (bicyclic) bond motifs is 1. The van der Waals surface area contributed by atoms with E-state index in [0.717, 1.165) is 16.8 Å². The van der Waals surface area contributed by atoms with E-state index in [2.05, 4.69) is 30.6 Å². The molecule has 3 heterocycles. The van der Waals surface area contributed by atoms with Crippen molar-refractivity contribution >= 4 is 29.4 Å². The van der Waals surface area contributed by atoms with E-state index in [4.69, 9.17) is 17.3 Å². The van der Waals surface area contributed by atoms with Gasteiger partial charge < -0.3 is 11.1 Å². The molecule has 1 aliphatic rings. The number of rotatable bonds is 3.